The van der Waals surface area contributed by atoms with Gasteiger partial charge in [-0.15, -0.1) is 0 Å². The van der Waals surface area contributed by atoms with Crippen LogP contribution in [0.5, 0.6) is 0 Å². The third kappa shape index (κ3) is 1.48. The van der Waals surface area contributed by atoms with Crippen molar-refractivity contribution in [2.24, 2.45) is 5.92 Å². The minimum absolute atomic E-state index is 0.0180. The van der Waals surface area contributed by atoms with Gasteiger partial charge in [-0.2, -0.15) is 0 Å². The molecule has 1 aromatic rings. The van der Waals surface area contributed by atoms with Crippen LogP contribution in [0.4, 0.5) is 4.39 Å². The van der Waals surface area contributed by atoms with E-state index in [1.54, 1.807) is 6.07 Å². The summed E-state index contributed by atoms with van der Waals surface area (Å²) >= 11 is 0. The summed E-state index contributed by atoms with van der Waals surface area (Å²) in [4.78, 5) is 10.6. The number of carbonyl (C=O) groups excluding carboxylic acids is 1. The number of halogens is 1. The Morgan fingerprint density at radius 2 is 2.31 bits per heavy atom. The number of rotatable bonds is 1. The van der Waals surface area contributed by atoms with Crippen molar-refractivity contribution in [2.45, 2.75) is 19.3 Å². The normalized spacial score (nSPS) is 20.8. The van der Waals surface area contributed by atoms with Crippen LogP contribution < -0.4 is 0 Å². The molecule has 68 valence electrons. The molecule has 0 saturated heterocycles. The van der Waals surface area contributed by atoms with Crippen molar-refractivity contribution in [2.75, 3.05) is 0 Å². The van der Waals surface area contributed by atoms with Crippen LogP contribution >= 0.6 is 0 Å². The van der Waals surface area contributed by atoms with Crippen LogP contribution in [-0.4, -0.2) is 6.29 Å². The molecule has 0 fully saturated rings. The van der Waals surface area contributed by atoms with Crippen LogP contribution in [0, 0.1) is 11.7 Å². The van der Waals surface area contributed by atoms with Crippen LogP contribution in [0.25, 0.3) is 0 Å². The highest BCUT2D eigenvalue weighted by atomic mass is 19.1. The third-order valence-corrected chi connectivity index (χ3v) is 2.66. The van der Waals surface area contributed by atoms with Crippen molar-refractivity contribution in [1.29, 1.82) is 0 Å². The first kappa shape index (κ1) is 8.42. The third-order valence-electron chi connectivity index (χ3n) is 2.66. The van der Waals surface area contributed by atoms with Gasteiger partial charge in [-0.25, -0.2) is 4.39 Å². The number of hydrogen-bond acceptors (Lipinski definition) is 1. The highest BCUT2D eigenvalue weighted by Gasteiger charge is 2.20. The molecule has 0 amide bonds. The van der Waals surface area contributed by atoms with E-state index in [0.717, 1.165) is 30.3 Å². The molecule has 0 heterocycles. The van der Waals surface area contributed by atoms with E-state index in [1.165, 1.54) is 6.07 Å². The number of aryl methyl sites for hydroxylation is 1. The highest BCUT2D eigenvalue weighted by Crippen LogP contribution is 2.26. The molecule has 0 aliphatic heterocycles. The summed E-state index contributed by atoms with van der Waals surface area (Å²) in [5.41, 5.74) is 1.81. The maximum Gasteiger partial charge on any atom is 0.126 e. The lowest BCUT2D eigenvalue weighted by Gasteiger charge is -2.20. The molecule has 1 aliphatic rings. The van der Waals surface area contributed by atoms with E-state index < -0.39 is 0 Å². The van der Waals surface area contributed by atoms with Crippen molar-refractivity contribution in [3.8, 4) is 0 Å². The van der Waals surface area contributed by atoms with Gasteiger partial charge in [0, 0.05) is 5.92 Å². The second-order valence-electron chi connectivity index (χ2n) is 3.52. The van der Waals surface area contributed by atoms with Gasteiger partial charge in [-0.1, -0.05) is 12.1 Å². The number of carbonyl (C=O) groups is 1. The lowest BCUT2D eigenvalue weighted by molar-refractivity contribution is -0.111. The molecule has 1 aliphatic carbocycles. The highest BCUT2D eigenvalue weighted by molar-refractivity contribution is 5.55. The minimum atomic E-state index is -0.163. The van der Waals surface area contributed by atoms with Crippen molar-refractivity contribution < 1.29 is 9.18 Å². The predicted octanol–water partition coefficient (Wildman–Crippen LogP) is 2.13. The zero-order valence-corrected chi connectivity index (χ0v) is 7.29. The topological polar surface area (TPSA) is 17.1 Å². The van der Waals surface area contributed by atoms with Crippen LogP contribution in [0.1, 0.15) is 17.5 Å². The lowest BCUT2D eigenvalue weighted by Crippen LogP contribution is -2.16. The van der Waals surface area contributed by atoms with Crippen molar-refractivity contribution >= 4 is 6.29 Å². The van der Waals surface area contributed by atoms with Gasteiger partial charge in [0.2, 0.25) is 0 Å². The van der Waals surface area contributed by atoms with Crippen molar-refractivity contribution in [3.63, 3.8) is 0 Å². The minimum Gasteiger partial charge on any atom is -0.303 e. The second kappa shape index (κ2) is 3.29. The molecule has 1 atom stereocenters. The quantitative estimate of drug-likeness (QED) is 0.602. The van der Waals surface area contributed by atoms with E-state index in [-0.39, 0.29) is 11.7 Å². The van der Waals surface area contributed by atoms with E-state index in [2.05, 4.69) is 0 Å². The Bertz CT molecular complexity index is 333. The van der Waals surface area contributed by atoms with E-state index >= 15 is 0 Å². The smallest absolute Gasteiger partial charge is 0.126 e. The number of aldehydes is 1. The van der Waals surface area contributed by atoms with E-state index in [9.17, 15) is 9.18 Å². The predicted molar refractivity (Wildman–Crippen MR) is 48.0 cm³/mol. The molecule has 1 unspecified atom stereocenters. The fraction of sp³-hybridized carbons (Fsp3) is 0.364. The van der Waals surface area contributed by atoms with Gasteiger partial charge in [-0.05, 0) is 36.5 Å². The van der Waals surface area contributed by atoms with Gasteiger partial charge in [0.15, 0.2) is 0 Å². The van der Waals surface area contributed by atoms with Gasteiger partial charge in [0.05, 0.1) is 0 Å². The largest absolute Gasteiger partial charge is 0.303 e. The molecule has 0 aromatic heterocycles. The summed E-state index contributed by atoms with van der Waals surface area (Å²) in [6, 6.07) is 5.14. The number of benzene rings is 1. The van der Waals surface area contributed by atoms with E-state index in [4.69, 9.17) is 0 Å². The molecule has 0 radical (unpaired) electrons. The summed E-state index contributed by atoms with van der Waals surface area (Å²) in [5, 5.41) is 0. The average molecular weight is 178 g/mol. The SMILES string of the molecule is O=CC1CCc2cccc(F)c2C1. The van der Waals surface area contributed by atoms with Crippen LogP contribution in [0.2, 0.25) is 0 Å². The molecule has 0 saturated carbocycles. The first-order valence-corrected chi connectivity index (χ1v) is 4.53. The second-order valence-corrected chi connectivity index (χ2v) is 3.52. The van der Waals surface area contributed by atoms with Crippen LogP contribution in [-0.2, 0) is 17.6 Å². The maximum absolute atomic E-state index is 13.3. The number of fused-ring (bicyclic) bond motifs is 1. The Morgan fingerprint density at radius 1 is 1.46 bits per heavy atom. The van der Waals surface area contributed by atoms with Gasteiger partial charge in [-0.3, -0.25) is 0 Å². The summed E-state index contributed by atoms with van der Waals surface area (Å²) in [6.07, 6.45) is 3.21. The van der Waals surface area contributed by atoms with Crippen molar-refractivity contribution in [1.82, 2.24) is 0 Å². The van der Waals surface area contributed by atoms with Crippen LogP contribution in [0.15, 0.2) is 18.2 Å². The Kier molecular flexibility index (Phi) is 2.13. The molecular weight excluding hydrogens is 167 g/mol. The van der Waals surface area contributed by atoms with Gasteiger partial charge in [0.25, 0.3) is 0 Å². The molecule has 2 rings (SSSR count). The lowest BCUT2D eigenvalue weighted by atomic mass is 9.84. The zero-order valence-electron chi connectivity index (χ0n) is 7.29. The van der Waals surface area contributed by atoms with Crippen LogP contribution in [0.3, 0.4) is 0 Å². The average Bonchev–Trinajstić information content (AvgIpc) is 2.18. The van der Waals surface area contributed by atoms with Crippen molar-refractivity contribution in [3.05, 3.63) is 35.1 Å². The first-order chi connectivity index (χ1) is 6.31. The molecule has 0 bridgehead atoms. The molecule has 1 nitrogen and oxygen atoms in total. The summed E-state index contributed by atoms with van der Waals surface area (Å²) in [7, 11) is 0. The molecule has 0 N–H and O–H groups in total. The molecule has 2 heteroatoms. The Hall–Kier alpha value is -1.18. The summed E-state index contributed by atoms with van der Waals surface area (Å²) in [6.45, 7) is 0. The fourth-order valence-electron chi connectivity index (χ4n) is 1.89. The summed E-state index contributed by atoms with van der Waals surface area (Å²) in [5.74, 6) is -0.145. The van der Waals surface area contributed by atoms with Gasteiger partial charge >= 0.3 is 0 Å². The Morgan fingerprint density at radius 3 is 3.08 bits per heavy atom. The molecule has 13 heavy (non-hydrogen) atoms. The first-order valence-electron chi connectivity index (χ1n) is 4.53. The van der Waals surface area contributed by atoms with E-state index in [1.807, 2.05) is 6.07 Å². The molecule has 1 aromatic carbocycles. The van der Waals surface area contributed by atoms with Gasteiger partial charge in [0.1, 0.15) is 12.1 Å². The Labute approximate surface area is 76.6 Å². The zero-order chi connectivity index (χ0) is 9.26. The monoisotopic (exact) mass is 178 g/mol. The summed E-state index contributed by atoms with van der Waals surface area (Å²) < 4.78 is 13.3. The fourth-order valence-corrected chi connectivity index (χ4v) is 1.89. The number of hydrogen-bond donors (Lipinski definition) is 0. The van der Waals surface area contributed by atoms with E-state index in [0.29, 0.717) is 6.42 Å². The Balaban J connectivity index is 2.37. The maximum atomic E-state index is 13.3. The molecule has 0 spiro atoms. The standard InChI is InChI=1S/C11H11FO/c12-11-3-1-2-9-5-4-8(7-13)6-10(9)11/h1-3,7-8H,4-6H2. The van der Waals surface area contributed by atoms with Gasteiger partial charge < -0.3 is 4.79 Å². The molecular formula is C11H11FO.